The number of benzene rings is 1. The summed E-state index contributed by atoms with van der Waals surface area (Å²) in [5.41, 5.74) is 1.69. The molecule has 0 aliphatic rings. The molecule has 2 heterocycles. The van der Waals surface area contributed by atoms with E-state index in [1.807, 2.05) is 31.2 Å². The van der Waals surface area contributed by atoms with Crippen LogP contribution in [-0.2, 0) is 11.2 Å². The predicted molar refractivity (Wildman–Crippen MR) is 86.4 cm³/mol. The van der Waals surface area contributed by atoms with Crippen molar-refractivity contribution < 1.29 is 9.53 Å². The Balaban J connectivity index is 1.68. The molecule has 7 nitrogen and oxygen atoms in total. The third-order valence-corrected chi connectivity index (χ3v) is 3.47. The molecule has 0 saturated carbocycles. The molecule has 0 bridgehead atoms. The zero-order valence-electron chi connectivity index (χ0n) is 13.0. The molecule has 1 aromatic carbocycles. The first-order valence-corrected chi connectivity index (χ1v) is 7.26. The molecule has 2 N–H and O–H groups in total. The summed E-state index contributed by atoms with van der Waals surface area (Å²) in [5, 5.41) is 10.7. The van der Waals surface area contributed by atoms with E-state index in [1.165, 1.54) is 0 Å². The van der Waals surface area contributed by atoms with Gasteiger partial charge in [-0.25, -0.2) is 9.97 Å². The number of aryl methyl sites for hydroxylation is 2. The van der Waals surface area contributed by atoms with Crippen LogP contribution in [0.4, 0.5) is 5.82 Å². The summed E-state index contributed by atoms with van der Waals surface area (Å²) in [7, 11) is 1.60. The number of carbonyl (C=O) groups is 1. The Morgan fingerprint density at radius 2 is 2.22 bits per heavy atom. The van der Waals surface area contributed by atoms with Gasteiger partial charge in [-0.05, 0) is 37.6 Å². The molecule has 3 aromatic rings. The number of aromatic amines is 1. The number of carbonyl (C=O) groups excluding carboxylic acids is 1. The number of hydrogen-bond acceptors (Lipinski definition) is 5. The molecule has 1 amide bonds. The number of ether oxygens (including phenoxy) is 1. The third-order valence-electron chi connectivity index (χ3n) is 3.47. The Labute approximate surface area is 133 Å². The van der Waals surface area contributed by atoms with Gasteiger partial charge < -0.3 is 10.1 Å². The largest absolute Gasteiger partial charge is 0.497 e. The maximum absolute atomic E-state index is 12.1. The molecule has 0 radical (unpaired) electrons. The van der Waals surface area contributed by atoms with Crippen LogP contribution in [0.3, 0.4) is 0 Å². The number of aromatic nitrogens is 4. The minimum atomic E-state index is -0.113. The maximum Gasteiger partial charge on any atom is 0.225 e. The van der Waals surface area contributed by atoms with E-state index in [9.17, 15) is 4.79 Å². The van der Waals surface area contributed by atoms with Gasteiger partial charge in [0, 0.05) is 23.7 Å². The van der Waals surface area contributed by atoms with Crippen molar-refractivity contribution in [1.29, 1.82) is 0 Å². The summed E-state index contributed by atoms with van der Waals surface area (Å²) in [6.45, 7) is 1.83. The Bertz CT molecular complexity index is 843. The van der Waals surface area contributed by atoms with E-state index in [1.54, 1.807) is 13.3 Å². The van der Waals surface area contributed by atoms with Gasteiger partial charge in [-0.15, -0.1) is 0 Å². The molecule has 7 heteroatoms. The van der Waals surface area contributed by atoms with Gasteiger partial charge in [0.2, 0.25) is 5.91 Å². The van der Waals surface area contributed by atoms with E-state index < -0.39 is 0 Å². The first kappa shape index (κ1) is 15.0. The summed E-state index contributed by atoms with van der Waals surface area (Å²) in [5.74, 6) is 1.81. The summed E-state index contributed by atoms with van der Waals surface area (Å²) >= 11 is 0. The van der Waals surface area contributed by atoms with Crippen LogP contribution >= 0.6 is 0 Å². The van der Waals surface area contributed by atoms with Crippen LogP contribution < -0.4 is 10.1 Å². The van der Waals surface area contributed by atoms with Crippen molar-refractivity contribution >= 4 is 22.6 Å². The van der Waals surface area contributed by atoms with E-state index in [2.05, 4.69) is 25.5 Å². The number of H-pyrrole nitrogens is 1. The second-order valence-corrected chi connectivity index (χ2v) is 5.13. The highest BCUT2D eigenvalue weighted by atomic mass is 16.5. The lowest BCUT2D eigenvalue weighted by molar-refractivity contribution is -0.116. The predicted octanol–water partition coefficient (Wildman–Crippen LogP) is 2.24. The zero-order chi connectivity index (χ0) is 16.2. The number of amides is 1. The highest BCUT2D eigenvalue weighted by molar-refractivity contribution is 6.00. The van der Waals surface area contributed by atoms with Crippen molar-refractivity contribution in [3.05, 3.63) is 42.0 Å². The molecule has 0 fully saturated rings. The molecule has 118 valence electrons. The summed E-state index contributed by atoms with van der Waals surface area (Å²) in [6, 6.07) is 7.35. The second-order valence-electron chi connectivity index (χ2n) is 5.13. The zero-order valence-corrected chi connectivity index (χ0v) is 13.0. The van der Waals surface area contributed by atoms with E-state index >= 15 is 0 Å². The molecule has 0 aliphatic carbocycles. The number of rotatable bonds is 5. The van der Waals surface area contributed by atoms with E-state index in [-0.39, 0.29) is 5.91 Å². The molecule has 3 rings (SSSR count). The Hall–Kier alpha value is -2.96. The molecule has 0 aliphatic heterocycles. The smallest absolute Gasteiger partial charge is 0.225 e. The van der Waals surface area contributed by atoms with Gasteiger partial charge in [0.15, 0.2) is 5.82 Å². The molecular formula is C16H17N5O2. The highest BCUT2D eigenvalue weighted by Gasteiger charge is 2.11. The molecule has 0 unspecified atom stereocenters. The average Bonchev–Trinajstić information content (AvgIpc) is 2.95. The fourth-order valence-electron chi connectivity index (χ4n) is 2.30. The second kappa shape index (κ2) is 6.43. The van der Waals surface area contributed by atoms with Gasteiger partial charge in [0.1, 0.15) is 11.6 Å². The van der Waals surface area contributed by atoms with Gasteiger partial charge in [-0.1, -0.05) is 0 Å². The molecule has 0 saturated heterocycles. The van der Waals surface area contributed by atoms with Gasteiger partial charge in [-0.3, -0.25) is 9.89 Å². The first-order valence-electron chi connectivity index (χ1n) is 7.26. The van der Waals surface area contributed by atoms with Crippen LogP contribution in [0.5, 0.6) is 5.75 Å². The first-order chi connectivity index (χ1) is 11.2. The molecule has 0 atom stereocenters. The Morgan fingerprint density at radius 3 is 3.00 bits per heavy atom. The lowest BCUT2D eigenvalue weighted by atomic mass is 10.2. The highest BCUT2D eigenvalue weighted by Crippen LogP contribution is 2.25. The normalized spacial score (nSPS) is 10.7. The molecular weight excluding hydrogens is 294 g/mol. The quantitative estimate of drug-likeness (QED) is 0.754. The maximum atomic E-state index is 12.1. The van der Waals surface area contributed by atoms with Crippen LogP contribution in [0.2, 0.25) is 0 Å². The van der Waals surface area contributed by atoms with Crippen molar-refractivity contribution in [1.82, 2.24) is 20.2 Å². The third kappa shape index (κ3) is 3.45. The molecule has 0 spiro atoms. The number of hydrogen-bond donors (Lipinski definition) is 2. The fourth-order valence-corrected chi connectivity index (χ4v) is 2.30. The molecule has 2 aromatic heterocycles. The van der Waals surface area contributed by atoms with Crippen molar-refractivity contribution in [2.75, 3.05) is 12.4 Å². The van der Waals surface area contributed by atoms with Gasteiger partial charge in [-0.2, -0.15) is 5.10 Å². The summed E-state index contributed by atoms with van der Waals surface area (Å²) in [6.07, 6.45) is 2.58. The Morgan fingerprint density at radius 1 is 1.35 bits per heavy atom. The van der Waals surface area contributed by atoms with Gasteiger partial charge in [0.25, 0.3) is 0 Å². The van der Waals surface area contributed by atoms with Crippen molar-refractivity contribution in [2.45, 2.75) is 19.8 Å². The SMILES string of the molecule is COc1ccc2[nH]nc(NC(=O)CCc3ccnc(C)n3)c2c1. The number of anilines is 1. The lowest BCUT2D eigenvalue weighted by Gasteiger charge is -2.04. The average molecular weight is 311 g/mol. The number of methoxy groups -OCH3 is 1. The minimum Gasteiger partial charge on any atom is -0.497 e. The topological polar surface area (TPSA) is 92.8 Å². The van der Waals surface area contributed by atoms with Crippen LogP contribution in [0.1, 0.15) is 17.9 Å². The van der Waals surface area contributed by atoms with Crippen molar-refractivity contribution in [3.63, 3.8) is 0 Å². The van der Waals surface area contributed by atoms with Crippen LogP contribution in [-0.4, -0.2) is 33.2 Å². The van der Waals surface area contributed by atoms with Crippen LogP contribution in [0, 0.1) is 6.92 Å². The monoisotopic (exact) mass is 311 g/mol. The minimum absolute atomic E-state index is 0.113. The standard InChI is InChI=1S/C16H17N5O2/c1-10-17-8-7-11(18-10)3-6-15(22)19-16-13-9-12(23-2)4-5-14(13)20-21-16/h4-5,7-9H,3,6H2,1-2H3,(H2,19,20,21,22). The van der Waals surface area contributed by atoms with E-state index in [0.717, 1.165) is 16.6 Å². The summed E-state index contributed by atoms with van der Waals surface area (Å²) < 4.78 is 5.20. The van der Waals surface area contributed by atoms with E-state index in [4.69, 9.17) is 4.74 Å². The van der Waals surface area contributed by atoms with Crippen molar-refractivity contribution in [2.24, 2.45) is 0 Å². The Kier molecular flexibility index (Phi) is 4.18. The van der Waals surface area contributed by atoms with E-state index in [0.29, 0.717) is 30.2 Å². The van der Waals surface area contributed by atoms with Crippen molar-refractivity contribution in [3.8, 4) is 5.75 Å². The van der Waals surface area contributed by atoms with Crippen LogP contribution in [0.15, 0.2) is 30.5 Å². The van der Waals surface area contributed by atoms with Gasteiger partial charge >= 0.3 is 0 Å². The van der Waals surface area contributed by atoms with Gasteiger partial charge in [0.05, 0.1) is 12.6 Å². The summed E-state index contributed by atoms with van der Waals surface area (Å²) in [4.78, 5) is 20.5. The molecule has 23 heavy (non-hydrogen) atoms. The number of nitrogens with zero attached hydrogens (tertiary/aromatic N) is 3. The fraction of sp³-hybridized carbons (Fsp3) is 0.250. The number of fused-ring (bicyclic) bond motifs is 1. The number of nitrogens with one attached hydrogen (secondary N) is 2. The lowest BCUT2D eigenvalue weighted by Crippen LogP contribution is -2.13. The van der Waals surface area contributed by atoms with Crippen LogP contribution in [0.25, 0.3) is 10.9 Å².